The van der Waals surface area contributed by atoms with Crippen molar-refractivity contribution in [1.82, 2.24) is 25.1 Å². The van der Waals surface area contributed by atoms with Gasteiger partial charge in [0, 0.05) is 31.2 Å². The van der Waals surface area contributed by atoms with Crippen LogP contribution in [0.25, 0.3) is 0 Å². The summed E-state index contributed by atoms with van der Waals surface area (Å²) in [5.41, 5.74) is 3.01. The molecule has 2 aromatic heterocycles. The van der Waals surface area contributed by atoms with Crippen LogP contribution in [0.1, 0.15) is 49.0 Å². The van der Waals surface area contributed by atoms with Crippen LogP contribution in [-0.4, -0.2) is 44.2 Å². The van der Waals surface area contributed by atoms with E-state index in [4.69, 9.17) is 9.26 Å². The Labute approximate surface area is 136 Å². The second kappa shape index (κ2) is 6.80. The maximum atomic E-state index is 6.04. The lowest BCUT2D eigenvalue weighted by Gasteiger charge is -2.14. The van der Waals surface area contributed by atoms with Gasteiger partial charge in [-0.15, -0.1) is 5.10 Å². The average Bonchev–Trinajstić information content (AvgIpc) is 3.21. The van der Waals surface area contributed by atoms with E-state index in [1.807, 2.05) is 24.7 Å². The SMILES string of the molecule is Cc1noc(C)c1COC1CCN(Cc2cn(C(C)C)nn2)C1. The van der Waals surface area contributed by atoms with Gasteiger partial charge in [-0.3, -0.25) is 4.90 Å². The highest BCUT2D eigenvalue weighted by molar-refractivity contribution is 5.19. The van der Waals surface area contributed by atoms with Crippen molar-refractivity contribution in [3.8, 4) is 0 Å². The zero-order valence-corrected chi connectivity index (χ0v) is 14.3. The number of hydrogen-bond donors (Lipinski definition) is 0. The van der Waals surface area contributed by atoms with Gasteiger partial charge in [0.25, 0.3) is 0 Å². The lowest BCUT2D eigenvalue weighted by atomic mass is 10.2. The Morgan fingerprint density at radius 3 is 2.87 bits per heavy atom. The summed E-state index contributed by atoms with van der Waals surface area (Å²) in [6.45, 7) is 11.4. The van der Waals surface area contributed by atoms with E-state index in [9.17, 15) is 0 Å². The summed E-state index contributed by atoms with van der Waals surface area (Å²) in [6, 6.07) is 0.348. The van der Waals surface area contributed by atoms with Gasteiger partial charge in [0.05, 0.1) is 30.3 Å². The van der Waals surface area contributed by atoms with Crippen molar-refractivity contribution in [2.24, 2.45) is 0 Å². The smallest absolute Gasteiger partial charge is 0.139 e. The summed E-state index contributed by atoms with van der Waals surface area (Å²) in [7, 11) is 0. The number of nitrogens with zero attached hydrogens (tertiary/aromatic N) is 5. The molecule has 0 bridgehead atoms. The Morgan fingerprint density at radius 2 is 2.22 bits per heavy atom. The molecule has 23 heavy (non-hydrogen) atoms. The van der Waals surface area contributed by atoms with Crippen molar-refractivity contribution in [3.63, 3.8) is 0 Å². The summed E-state index contributed by atoms with van der Waals surface area (Å²) < 4.78 is 13.1. The molecule has 7 nitrogen and oxygen atoms in total. The molecule has 0 amide bonds. The Balaban J connectivity index is 1.48. The van der Waals surface area contributed by atoms with Crippen LogP contribution in [0.15, 0.2) is 10.7 Å². The lowest BCUT2D eigenvalue weighted by molar-refractivity contribution is 0.0452. The van der Waals surface area contributed by atoms with E-state index in [-0.39, 0.29) is 6.10 Å². The Kier molecular flexibility index (Phi) is 4.77. The van der Waals surface area contributed by atoms with Gasteiger partial charge in [-0.05, 0) is 34.1 Å². The van der Waals surface area contributed by atoms with Crippen molar-refractivity contribution in [2.45, 2.75) is 59.4 Å². The van der Waals surface area contributed by atoms with Crippen LogP contribution in [0.4, 0.5) is 0 Å². The van der Waals surface area contributed by atoms with E-state index in [2.05, 4.69) is 34.2 Å². The lowest BCUT2D eigenvalue weighted by Crippen LogP contribution is -2.23. The summed E-state index contributed by atoms with van der Waals surface area (Å²) in [4.78, 5) is 2.37. The van der Waals surface area contributed by atoms with Gasteiger partial charge in [0.2, 0.25) is 0 Å². The minimum absolute atomic E-state index is 0.254. The Morgan fingerprint density at radius 1 is 1.39 bits per heavy atom. The van der Waals surface area contributed by atoms with Gasteiger partial charge in [-0.1, -0.05) is 10.4 Å². The topological polar surface area (TPSA) is 69.2 Å². The Bertz CT molecular complexity index is 629. The molecular formula is C16H25N5O2. The van der Waals surface area contributed by atoms with E-state index in [0.717, 1.165) is 48.8 Å². The molecule has 0 saturated carbocycles. The first-order chi connectivity index (χ1) is 11.0. The predicted octanol–water partition coefficient (Wildman–Crippen LogP) is 2.25. The molecule has 0 aliphatic carbocycles. The third-order valence-electron chi connectivity index (χ3n) is 4.35. The predicted molar refractivity (Wildman–Crippen MR) is 84.9 cm³/mol. The first-order valence-electron chi connectivity index (χ1n) is 8.19. The van der Waals surface area contributed by atoms with Gasteiger partial charge in [0.1, 0.15) is 5.76 Å². The average molecular weight is 319 g/mol. The second-order valence-electron chi connectivity index (χ2n) is 6.54. The van der Waals surface area contributed by atoms with E-state index in [1.54, 1.807) is 0 Å². The van der Waals surface area contributed by atoms with Crippen LogP contribution >= 0.6 is 0 Å². The molecule has 2 aromatic rings. The van der Waals surface area contributed by atoms with Gasteiger partial charge in [-0.25, -0.2) is 4.68 Å². The molecule has 0 spiro atoms. The molecule has 7 heteroatoms. The first kappa shape index (κ1) is 16.1. The van der Waals surface area contributed by atoms with Crippen molar-refractivity contribution >= 4 is 0 Å². The normalized spacial score (nSPS) is 19.1. The molecule has 3 heterocycles. The van der Waals surface area contributed by atoms with Crippen molar-refractivity contribution < 1.29 is 9.26 Å². The number of aromatic nitrogens is 4. The quantitative estimate of drug-likeness (QED) is 0.813. The van der Waals surface area contributed by atoms with E-state index < -0.39 is 0 Å². The number of hydrogen-bond acceptors (Lipinski definition) is 6. The number of ether oxygens (including phenoxy) is 1. The summed E-state index contributed by atoms with van der Waals surface area (Å²) in [5, 5.41) is 12.4. The highest BCUT2D eigenvalue weighted by atomic mass is 16.5. The molecule has 0 aromatic carbocycles. The summed E-state index contributed by atoms with van der Waals surface area (Å²) >= 11 is 0. The van der Waals surface area contributed by atoms with Gasteiger partial charge in [-0.2, -0.15) is 0 Å². The molecule has 1 aliphatic heterocycles. The third-order valence-corrected chi connectivity index (χ3v) is 4.35. The third kappa shape index (κ3) is 3.79. The highest BCUT2D eigenvalue weighted by Gasteiger charge is 2.24. The summed E-state index contributed by atoms with van der Waals surface area (Å²) in [6.07, 6.45) is 3.33. The molecule has 1 unspecified atom stereocenters. The van der Waals surface area contributed by atoms with Crippen LogP contribution in [0, 0.1) is 13.8 Å². The molecule has 0 radical (unpaired) electrons. The first-order valence-corrected chi connectivity index (χ1v) is 8.19. The minimum atomic E-state index is 0.254. The van der Waals surface area contributed by atoms with Crippen LogP contribution in [0.5, 0.6) is 0 Å². The van der Waals surface area contributed by atoms with Crippen molar-refractivity contribution in [2.75, 3.05) is 13.1 Å². The monoisotopic (exact) mass is 319 g/mol. The second-order valence-corrected chi connectivity index (χ2v) is 6.54. The van der Waals surface area contributed by atoms with Gasteiger partial charge in [0.15, 0.2) is 0 Å². The number of aryl methyl sites for hydroxylation is 2. The van der Waals surface area contributed by atoms with Crippen LogP contribution in [0.2, 0.25) is 0 Å². The fourth-order valence-electron chi connectivity index (χ4n) is 2.85. The van der Waals surface area contributed by atoms with Gasteiger partial charge < -0.3 is 9.26 Å². The summed E-state index contributed by atoms with van der Waals surface area (Å²) in [5.74, 6) is 0.850. The molecule has 1 saturated heterocycles. The molecular weight excluding hydrogens is 294 g/mol. The van der Waals surface area contributed by atoms with Crippen molar-refractivity contribution in [3.05, 3.63) is 28.9 Å². The van der Waals surface area contributed by atoms with E-state index in [1.165, 1.54) is 0 Å². The molecule has 1 atom stereocenters. The van der Waals surface area contributed by atoms with Crippen LogP contribution in [0.3, 0.4) is 0 Å². The van der Waals surface area contributed by atoms with E-state index in [0.29, 0.717) is 12.6 Å². The standard InChI is InChI=1S/C16H25N5O2/c1-11(2)21-8-14(17-19-21)7-20-6-5-15(9-20)22-10-16-12(3)18-23-13(16)4/h8,11,15H,5-7,9-10H2,1-4H3. The maximum Gasteiger partial charge on any atom is 0.139 e. The van der Waals surface area contributed by atoms with Gasteiger partial charge >= 0.3 is 0 Å². The van der Waals surface area contributed by atoms with Crippen LogP contribution in [-0.2, 0) is 17.9 Å². The van der Waals surface area contributed by atoms with E-state index >= 15 is 0 Å². The molecule has 126 valence electrons. The van der Waals surface area contributed by atoms with Crippen molar-refractivity contribution in [1.29, 1.82) is 0 Å². The Hall–Kier alpha value is -1.73. The fraction of sp³-hybridized carbons (Fsp3) is 0.688. The molecule has 1 fully saturated rings. The fourth-order valence-corrected chi connectivity index (χ4v) is 2.85. The number of likely N-dealkylation sites (tertiary alicyclic amines) is 1. The molecule has 0 N–H and O–H groups in total. The highest BCUT2D eigenvalue weighted by Crippen LogP contribution is 2.19. The zero-order chi connectivity index (χ0) is 16.4. The van der Waals surface area contributed by atoms with Crippen LogP contribution < -0.4 is 0 Å². The maximum absolute atomic E-state index is 6.04. The molecule has 3 rings (SSSR count). The largest absolute Gasteiger partial charge is 0.372 e. The number of rotatable bonds is 6. The molecule has 1 aliphatic rings. The minimum Gasteiger partial charge on any atom is -0.372 e. The zero-order valence-electron chi connectivity index (χ0n) is 14.3.